The average Bonchev–Trinajstić information content (AvgIpc) is 2.02. The van der Waals surface area contributed by atoms with E-state index in [0.717, 1.165) is 18.4 Å². The summed E-state index contributed by atoms with van der Waals surface area (Å²) in [4.78, 5) is 0. The third-order valence-electron chi connectivity index (χ3n) is 1.92. The molecule has 1 aromatic rings. The van der Waals surface area contributed by atoms with Crippen LogP contribution in [0, 0.1) is 0 Å². The van der Waals surface area contributed by atoms with Crippen molar-refractivity contribution in [3.63, 3.8) is 0 Å². The van der Waals surface area contributed by atoms with Crippen LogP contribution in [-0.2, 0) is 6.42 Å². The predicted molar refractivity (Wildman–Crippen MR) is 55.1 cm³/mol. The molecule has 0 aliphatic heterocycles. The van der Waals surface area contributed by atoms with Gasteiger partial charge in [0.25, 0.3) is 0 Å². The molecule has 0 spiro atoms. The van der Waals surface area contributed by atoms with Gasteiger partial charge in [0.2, 0.25) is 0 Å². The Hall–Kier alpha value is -0.730. The second kappa shape index (κ2) is 4.49. The Kier molecular flexibility index (Phi) is 3.58. The highest BCUT2D eigenvalue weighted by Crippen LogP contribution is 2.23. The number of phenols is 1. The standard InChI is InChI=1S/C10H14ClNO/c1-7(12)2-3-8-4-5-9(11)6-10(8)13/h4-7,13H,2-3,12H2,1H3. The topological polar surface area (TPSA) is 46.2 Å². The predicted octanol–water partition coefficient (Wildman–Crippen LogP) is 2.33. The lowest BCUT2D eigenvalue weighted by Crippen LogP contribution is -2.15. The van der Waals surface area contributed by atoms with Crippen LogP contribution < -0.4 is 5.73 Å². The molecule has 72 valence electrons. The van der Waals surface area contributed by atoms with Gasteiger partial charge in [-0.2, -0.15) is 0 Å². The van der Waals surface area contributed by atoms with Crippen LogP contribution in [0.1, 0.15) is 18.9 Å². The molecule has 13 heavy (non-hydrogen) atoms. The molecule has 0 aliphatic carbocycles. The fraction of sp³-hybridized carbons (Fsp3) is 0.400. The molecule has 2 nitrogen and oxygen atoms in total. The van der Waals surface area contributed by atoms with Crippen LogP contribution in [0.2, 0.25) is 5.02 Å². The molecule has 0 bridgehead atoms. The lowest BCUT2D eigenvalue weighted by atomic mass is 10.1. The van der Waals surface area contributed by atoms with Crippen LogP contribution in [0.15, 0.2) is 18.2 Å². The molecule has 0 saturated heterocycles. The first-order valence-electron chi connectivity index (χ1n) is 4.32. The lowest BCUT2D eigenvalue weighted by molar-refractivity contribution is 0.466. The summed E-state index contributed by atoms with van der Waals surface area (Å²) in [5.74, 6) is 0.258. The van der Waals surface area contributed by atoms with Crippen molar-refractivity contribution in [3.8, 4) is 5.75 Å². The molecular weight excluding hydrogens is 186 g/mol. The van der Waals surface area contributed by atoms with Crippen LogP contribution in [0.5, 0.6) is 5.75 Å². The normalized spacial score (nSPS) is 12.8. The van der Waals surface area contributed by atoms with Crippen molar-refractivity contribution in [1.29, 1.82) is 0 Å². The summed E-state index contributed by atoms with van der Waals surface area (Å²) in [6, 6.07) is 5.32. The van der Waals surface area contributed by atoms with Gasteiger partial charge in [-0.15, -0.1) is 0 Å². The number of hydrogen-bond donors (Lipinski definition) is 2. The number of phenolic OH excluding ortho intramolecular Hbond substituents is 1. The molecule has 1 rings (SSSR count). The molecule has 0 saturated carbocycles. The third kappa shape index (κ3) is 3.25. The number of hydrogen-bond acceptors (Lipinski definition) is 2. The summed E-state index contributed by atoms with van der Waals surface area (Å²) >= 11 is 5.69. The van der Waals surface area contributed by atoms with Crippen molar-refractivity contribution in [3.05, 3.63) is 28.8 Å². The largest absolute Gasteiger partial charge is 0.508 e. The van der Waals surface area contributed by atoms with Gasteiger partial charge < -0.3 is 10.8 Å². The maximum atomic E-state index is 9.48. The summed E-state index contributed by atoms with van der Waals surface area (Å²) in [6.07, 6.45) is 1.66. The quantitative estimate of drug-likeness (QED) is 0.785. The van der Waals surface area contributed by atoms with Crippen LogP contribution >= 0.6 is 11.6 Å². The second-order valence-electron chi connectivity index (χ2n) is 3.29. The van der Waals surface area contributed by atoms with Gasteiger partial charge in [-0.05, 0) is 37.5 Å². The number of aryl methyl sites for hydroxylation is 1. The van der Waals surface area contributed by atoms with E-state index >= 15 is 0 Å². The molecule has 0 radical (unpaired) electrons. The van der Waals surface area contributed by atoms with E-state index in [9.17, 15) is 5.11 Å². The first-order valence-corrected chi connectivity index (χ1v) is 4.70. The van der Waals surface area contributed by atoms with Crippen molar-refractivity contribution in [2.75, 3.05) is 0 Å². The summed E-state index contributed by atoms with van der Waals surface area (Å²) in [7, 11) is 0. The fourth-order valence-electron chi connectivity index (χ4n) is 1.13. The monoisotopic (exact) mass is 199 g/mol. The zero-order chi connectivity index (χ0) is 9.84. The molecule has 1 aromatic carbocycles. The smallest absolute Gasteiger partial charge is 0.120 e. The Morgan fingerprint density at radius 3 is 2.77 bits per heavy atom. The van der Waals surface area contributed by atoms with Gasteiger partial charge in [0.05, 0.1) is 0 Å². The maximum absolute atomic E-state index is 9.48. The van der Waals surface area contributed by atoms with Crippen molar-refractivity contribution in [2.24, 2.45) is 5.73 Å². The molecule has 0 aromatic heterocycles. The first-order chi connectivity index (χ1) is 6.09. The third-order valence-corrected chi connectivity index (χ3v) is 2.15. The Labute approximate surface area is 83.3 Å². The molecule has 0 amide bonds. The van der Waals surface area contributed by atoms with E-state index in [1.54, 1.807) is 12.1 Å². The van der Waals surface area contributed by atoms with Crippen molar-refractivity contribution < 1.29 is 5.11 Å². The highest BCUT2D eigenvalue weighted by Gasteiger charge is 2.02. The number of nitrogens with two attached hydrogens (primary N) is 1. The van der Waals surface area contributed by atoms with Crippen LogP contribution in [0.25, 0.3) is 0 Å². The van der Waals surface area contributed by atoms with E-state index in [0.29, 0.717) is 5.02 Å². The molecule has 0 aliphatic rings. The van der Waals surface area contributed by atoms with Gasteiger partial charge >= 0.3 is 0 Å². The van der Waals surface area contributed by atoms with E-state index in [2.05, 4.69) is 0 Å². The minimum atomic E-state index is 0.162. The molecule has 3 heteroatoms. The van der Waals surface area contributed by atoms with Gasteiger partial charge in [0.1, 0.15) is 5.75 Å². The Bertz CT molecular complexity index is 286. The number of rotatable bonds is 3. The maximum Gasteiger partial charge on any atom is 0.120 e. The number of aromatic hydroxyl groups is 1. The van der Waals surface area contributed by atoms with Crippen LogP contribution in [0.4, 0.5) is 0 Å². The summed E-state index contributed by atoms with van der Waals surface area (Å²) in [5.41, 5.74) is 6.52. The minimum Gasteiger partial charge on any atom is -0.508 e. The van der Waals surface area contributed by atoms with E-state index in [1.807, 2.05) is 13.0 Å². The van der Waals surface area contributed by atoms with Crippen molar-refractivity contribution in [2.45, 2.75) is 25.8 Å². The molecule has 0 fully saturated rings. The van der Waals surface area contributed by atoms with E-state index in [4.69, 9.17) is 17.3 Å². The van der Waals surface area contributed by atoms with Crippen molar-refractivity contribution >= 4 is 11.6 Å². The SMILES string of the molecule is CC(N)CCc1ccc(Cl)cc1O. The van der Waals surface area contributed by atoms with Gasteiger partial charge in [-0.1, -0.05) is 17.7 Å². The zero-order valence-corrected chi connectivity index (χ0v) is 8.38. The van der Waals surface area contributed by atoms with Gasteiger partial charge in [0, 0.05) is 11.1 Å². The lowest BCUT2D eigenvalue weighted by Gasteiger charge is -2.06. The molecule has 3 N–H and O–H groups in total. The average molecular weight is 200 g/mol. The summed E-state index contributed by atoms with van der Waals surface area (Å²) < 4.78 is 0. The molecular formula is C10H14ClNO. The molecule has 0 heterocycles. The Morgan fingerprint density at radius 1 is 1.54 bits per heavy atom. The first kappa shape index (κ1) is 10.4. The fourth-order valence-corrected chi connectivity index (χ4v) is 1.30. The zero-order valence-electron chi connectivity index (χ0n) is 7.63. The van der Waals surface area contributed by atoms with E-state index < -0.39 is 0 Å². The van der Waals surface area contributed by atoms with Gasteiger partial charge in [-0.25, -0.2) is 0 Å². The number of halogens is 1. The Balaban J connectivity index is 2.67. The summed E-state index contributed by atoms with van der Waals surface area (Å²) in [5, 5.41) is 10.0. The Morgan fingerprint density at radius 2 is 2.23 bits per heavy atom. The van der Waals surface area contributed by atoms with E-state index in [1.165, 1.54) is 0 Å². The van der Waals surface area contributed by atoms with Gasteiger partial charge in [0.15, 0.2) is 0 Å². The van der Waals surface area contributed by atoms with Gasteiger partial charge in [-0.3, -0.25) is 0 Å². The highest BCUT2D eigenvalue weighted by molar-refractivity contribution is 6.30. The molecule has 1 atom stereocenters. The highest BCUT2D eigenvalue weighted by atomic mass is 35.5. The minimum absolute atomic E-state index is 0.162. The number of benzene rings is 1. The van der Waals surface area contributed by atoms with Crippen LogP contribution in [0.3, 0.4) is 0 Å². The molecule has 1 unspecified atom stereocenters. The van der Waals surface area contributed by atoms with Crippen LogP contribution in [-0.4, -0.2) is 11.1 Å². The second-order valence-corrected chi connectivity index (χ2v) is 3.73. The van der Waals surface area contributed by atoms with Crippen molar-refractivity contribution in [1.82, 2.24) is 0 Å². The summed E-state index contributed by atoms with van der Waals surface area (Å²) in [6.45, 7) is 1.95. The van der Waals surface area contributed by atoms with E-state index in [-0.39, 0.29) is 11.8 Å².